The first-order valence-electron chi connectivity index (χ1n) is 6.01. The van der Waals surface area contributed by atoms with E-state index >= 15 is 0 Å². The maximum Gasteiger partial charge on any atom is 0.216 e. The van der Waals surface area contributed by atoms with Crippen molar-refractivity contribution < 1.29 is 8.42 Å². The van der Waals surface area contributed by atoms with Crippen molar-refractivity contribution in [2.75, 3.05) is 5.73 Å². The molecule has 20 heavy (non-hydrogen) atoms. The van der Waals surface area contributed by atoms with Crippen molar-refractivity contribution in [3.8, 4) is 0 Å². The molecule has 0 aliphatic heterocycles. The van der Waals surface area contributed by atoms with Gasteiger partial charge in [-0.15, -0.1) is 0 Å². The Morgan fingerprint density at radius 1 is 1.05 bits per heavy atom. The van der Waals surface area contributed by atoms with Crippen LogP contribution in [-0.4, -0.2) is 8.42 Å². The fraction of sp³-hybridized carbons (Fsp3) is 0.143. The second kappa shape index (κ2) is 6.39. The van der Waals surface area contributed by atoms with Crippen LogP contribution in [0.3, 0.4) is 0 Å². The van der Waals surface area contributed by atoms with Crippen molar-refractivity contribution in [1.29, 1.82) is 0 Å². The summed E-state index contributed by atoms with van der Waals surface area (Å²) in [6.45, 7) is 0.268. The topological polar surface area (TPSA) is 72.2 Å². The van der Waals surface area contributed by atoms with E-state index < -0.39 is 10.0 Å². The molecule has 0 bridgehead atoms. The largest absolute Gasteiger partial charge is 0.399 e. The van der Waals surface area contributed by atoms with Gasteiger partial charge >= 0.3 is 0 Å². The summed E-state index contributed by atoms with van der Waals surface area (Å²) >= 11 is 3.35. The van der Waals surface area contributed by atoms with Gasteiger partial charge in [0.2, 0.25) is 10.0 Å². The predicted molar refractivity (Wildman–Crippen MR) is 84.5 cm³/mol. The molecule has 0 saturated heterocycles. The van der Waals surface area contributed by atoms with Gasteiger partial charge in [-0.05, 0) is 35.4 Å². The second-order valence-electron chi connectivity index (χ2n) is 4.46. The van der Waals surface area contributed by atoms with Gasteiger partial charge in [0.15, 0.2) is 0 Å². The minimum atomic E-state index is -3.38. The number of benzene rings is 2. The van der Waals surface area contributed by atoms with Crippen LogP contribution in [-0.2, 0) is 22.3 Å². The van der Waals surface area contributed by atoms with Crippen LogP contribution in [0.15, 0.2) is 53.0 Å². The monoisotopic (exact) mass is 354 g/mol. The van der Waals surface area contributed by atoms with Gasteiger partial charge in [0, 0.05) is 16.7 Å². The van der Waals surface area contributed by atoms with Crippen molar-refractivity contribution >= 4 is 31.6 Å². The normalized spacial score (nSPS) is 11.4. The highest BCUT2D eigenvalue weighted by Crippen LogP contribution is 2.13. The highest BCUT2D eigenvalue weighted by molar-refractivity contribution is 9.10. The number of nitrogens with two attached hydrogens (primary N) is 1. The predicted octanol–water partition coefficient (Wildman–Crippen LogP) is 2.65. The van der Waals surface area contributed by atoms with Gasteiger partial charge in [-0.25, -0.2) is 13.1 Å². The molecular weight excluding hydrogens is 340 g/mol. The molecular formula is C14H15BrN2O2S. The lowest BCUT2D eigenvalue weighted by Crippen LogP contribution is -2.24. The van der Waals surface area contributed by atoms with Crippen LogP contribution in [0.2, 0.25) is 0 Å². The van der Waals surface area contributed by atoms with E-state index in [0.717, 1.165) is 10.0 Å². The van der Waals surface area contributed by atoms with Gasteiger partial charge in [-0.3, -0.25) is 0 Å². The molecule has 0 radical (unpaired) electrons. The highest BCUT2D eigenvalue weighted by atomic mass is 79.9. The first-order valence-corrected chi connectivity index (χ1v) is 8.45. The Morgan fingerprint density at radius 3 is 2.45 bits per heavy atom. The minimum absolute atomic E-state index is 0.0773. The van der Waals surface area contributed by atoms with Gasteiger partial charge in [-0.1, -0.05) is 40.2 Å². The summed E-state index contributed by atoms with van der Waals surface area (Å²) in [5, 5.41) is 0. The molecule has 3 N–H and O–H groups in total. The van der Waals surface area contributed by atoms with Crippen molar-refractivity contribution in [2.45, 2.75) is 12.3 Å². The summed E-state index contributed by atoms with van der Waals surface area (Å²) in [7, 11) is -3.38. The van der Waals surface area contributed by atoms with E-state index in [0.29, 0.717) is 11.3 Å². The third-order valence-electron chi connectivity index (χ3n) is 2.69. The average molecular weight is 355 g/mol. The highest BCUT2D eigenvalue weighted by Gasteiger charge is 2.11. The molecule has 0 aliphatic carbocycles. The lowest BCUT2D eigenvalue weighted by molar-refractivity contribution is 0.580. The molecule has 0 amide bonds. The Labute approximate surface area is 127 Å². The van der Waals surface area contributed by atoms with Gasteiger partial charge in [0.1, 0.15) is 0 Å². The van der Waals surface area contributed by atoms with Gasteiger partial charge in [0.25, 0.3) is 0 Å². The zero-order valence-corrected chi connectivity index (χ0v) is 13.1. The molecule has 106 valence electrons. The van der Waals surface area contributed by atoms with Gasteiger partial charge < -0.3 is 5.73 Å². The Balaban J connectivity index is 2.01. The number of hydrogen-bond acceptors (Lipinski definition) is 3. The molecule has 0 fully saturated rings. The first-order chi connectivity index (χ1) is 9.44. The first kappa shape index (κ1) is 15.0. The number of nitrogens with one attached hydrogen (secondary N) is 1. The van der Waals surface area contributed by atoms with E-state index in [9.17, 15) is 8.42 Å². The smallest absolute Gasteiger partial charge is 0.216 e. The van der Waals surface area contributed by atoms with Gasteiger partial charge in [-0.2, -0.15) is 0 Å². The summed E-state index contributed by atoms with van der Waals surface area (Å²) in [5.74, 6) is -0.0773. The third kappa shape index (κ3) is 4.63. The van der Waals surface area contributed by atoms with E-state index in [2.05, 4.69) is 20.7 Å². The van der Waals surface area contributed by atoms with Crippen LogP contribution >= 0.6 is 15.9 Å². The average Bonchev–Trinajstić information content (AvgIpc) is 2.36. The third-order valence-corrected chi connectivity index (χ3v) is 4.48. The summed E-state index contributed by atoms with van der Waals surface area (Å²) in [6.07, 6.45) is 0. The molecule has 6 heteroatoms. The number of rotatable bonds is 5. The maximum absolute atomic E-state index is 12.0. The van der Waals surface area contributed by atoms with E-state index in [1.54, 1.807) is 24.3 Å². The molecule has 0 aromatic heterocycles. The molecule has 2 aromatic carbocycles. The van der Waals surface area contributed by atoms with Gasteiger partial charge in [0.05, 0.1) is 5.75 Å². The zero-order valence-electron chi connectivity index (χ0n) is 10.7. The number of sulfonamides is 1. The molecule has 2 aromatic rings. The molecule has 0 aliphatic rings. The van der Waals surface area contributed by atoms with E-state index in [4.69, 9.17) is 5.73 Å². The van der Waals surface area contributed by atoms with Crippen LogP contribution in [0.4, 0.5) is 5.69 Å². The molecule has 4 nitrogen and oxygen atoms in total. The molecule has 2 rings (SSSR count). The Hall–Kier alpha value is -1.37. The SMILES string of the molecule is Nc1cccc(CS(=O)(=O)NCc2cccc(Br)c2)c1. The lowest BCUT2D eigenvalue weighted by Gasteiger charge is -2.08. The number of anilines is 1. The van der Waals surface area contributed by atoms with Crippen LogP contribution < -0.4 is 10.5 Å². The number of hydrogen-bond donors (Lipinski definition) is 2. The summed E-state index contributed by atoms with van der Waals surface area (Å²) in [5.41, 5.74) is 7.77. The van der Waals surface area contributed by atoms with Crippen LogP contribution in [0, 0.1) is 0 Å². The standard InChI is InChI=1S/C14H15BrN2O2S/c15-13-5-1-3-11(7-13)9-17-20(18,19)10-12-4-2-6-14(16)8-12/h1-8,17H,9-10,16H2. The summed E-state index contributed by atoms with van der Waals surface area (Å²) in [4.78, 5) is 0. The lowest BCUT2D eigenvalue weighted by atomic mass is 10.2. The minimum Gasteiger partial charge on any atom is -0.399 e. The molecule has 0 saturated carbocycles. The van der Waals surface area contributed by atoms with E-state index in [-0.39, 0.29) is 12.3 Å². The Bertz CT molecular complexity index is 702. The maximum atomic E-state index is 12.0. The molecule has 0 spiro atoms. The number of halogens is 1. The Morgan fingerprint density at radius 2 is 1.75 bits per heavy atom. The van der Waals surface area contributed by atoms with E-state index in [1.807, 2.05) is 24.3 Å². The van der Waals surface area contributed by atoms with Crippen molar-refractivity contribution in [3.63, 3.8) is 0 Å². The summed E-state index contributed by atoms with van der Waals surface area (Å²) < 4.78 is 27.5. The van der Waals surface area contributed by atoms with Crippen LogP contribution in [0.25, 0.3) is 0 Å². The fourth-order valence-corrected chi connectivity index (χ4v) is 3.35. The Kier molecular flexibility index (Phi) is 4.80. The number of nitrogen functional groups attached to an aromatic ring is 1. The van der Waals surface area contributed by atoms with Crippen molar-refractivity contribution in [1.82, 2.24) is 4.72 Å². The van der Waals surface area contributed by atoms with Crippen LogP contribution in [0.1, 0.15) is 11.1 Å². The summed E-state index contributed by atoms with van der Waals surface area (Å²) in [6, 6.07) is 14.4. The quantitative estimate of drug-likeness (QED) is 0.810. The van der Waals surface area contributed by atoms with E-state index in [1.165, 1.54) is 0 Å². The second-order valence-corrected chi connectivity index (χ2v) is 7.18. The fourth-order valence-electron chi connectivity index (χ4n) is 1.79. The zero-order chi connectivity index (χ0) is 14.6. The molecule has 0 heterocycles. The van der Waals surface area contributed by atoms with Crippen LogP contribution in [0.5, 0.6) is 0 Å². The van der Waals surface area contributed by atoms with Crippen molar-refractivity contribution in [2.24, 2.45) is 0 Å². The molecule has 0 atom stereocenters. The molecule has 0 unspecified atom stereocenters. The van der Waals surface area contributed by atoms with Crippen molar-refractivity contribution in [3.05, 3.63) is 64.1 Å².